The van der Waals surface area contributed by atoms with Gasteiger partial charge in [-0.1, -0.05) is 17.7 Å². The highest BCUT2D eigenvalue weighted by Crippen LogP contribution is 2.15. The van der Waals surface area contributed by atoms with Gasteiger partial charge in [-0.2, -0.15) is 0 Å². The van der Waals surface area contributed by atoms with Crippen molar-refractivity contribution in [3.05, 3.63) is 29.3 Å². The van der Waals surface area contributed by atoms with Crippen LogP contribution in [-0.4, -0.2) is 23.0 Å². The van der Waals surface area contributed by atoms with Gasteiger partial charge in [0.15, 0.2) is 6.04 Å². The van der Waals surface area contributed by atoms with Crippen LogP contribution in [0.25, 0.3) is 0 Å². The number of aryl methyl sites for hydroxylation is 2. The smallest absolute Gasteiger partial charge is 0.330 e. The lowest BCUT2D eigenvalue weighted by Crippen LogP contribution is -2.42. The van der Waals surface area contributed by atoms with Gasteiger partial charge in [0.05, 0.1) is 0 Å². The van der Waals surface area contributed by atoms with Gasteiger partial charge in [-0.25, -0.2) is 4.79 Å². The molecule has 1 atom stereocenters. The number of carbonyl (C=O) groups excluding carboxylic acids is 1. The van der Waals surface area contributed by atoms with Crippen molar-refractivity contribution in [3.8, 4) is 0 Å². The Balaban J connectivity index is 2.81. The fourth-order valence-corrected chi connectivity index (χ4v) is 1.28. The summed E-state index contributed by atoms with van der Waals surface area (Å²) in [4.78, 5) is 21.9. The molecule has 0 fully saturated rings. The summed E-state index contributed by atoms with van der Waals surface area (Å²) in [6.07, 6.45) is 0. The van der Waals surface area contributed by atoms with Crippen LogP contribution < -0.4 is 11.1 Å². The highest BCUT2D eigenvalue weighted by atomic mass is 16.4. The van der Waals surface area contributed by atoms with Crippen molar-refractivity contribution in [2.75, 3.05) is 5.32 Å². The lowest BCUT2D eigenvalue weighted by molar-refractivity contribution is -0.141. The molecule has 5 heteroatoms. The number of hydrogen-bond donors (Lipinski definition) is 3. The summed E-state index contributed by atoms with van der Waals surface area (Å²) in [6, 6.07) is 3.90. The Bertz CT molecular complexity index is 429. The molecule has 0 aliphatic heterocycles. The summed E-state index contributed by atoms with van der Waals surface area (Å²) in [5.74, 6) is -2.07. The van der Waals surface area contributed by atoms with E-state index in [0.29, 0.717) is 5.69 Å². The molecule has 0 spiro atoms. The van der Waals surface area contributed by atoms with Gasteiger partial charge in [0.2, 0.25) is 0 Å². The number of nitrogens with two attached hydrogens (primary N) is 1. The Morgan fingerprint density at radius 1 is 1.38 bits per heavy atom. The highest BCUT2D eigenvalue weighted by molar-refractivity contribution is 6.07. The summed E-state index contributed by atoms with van der Waals surface area (Å²) in [6.45, 7) is 3.76. The van der Waals surface area contributed by atoms with Crippen molar-refractivity contribution in [1.82, 2.24) is 0 Å². The summed E-state index contributed by atoms with van der Waals surface area (Å²) in [5, 5.41) is 11.0. The number of benzene rings is 1. The predicted octanol–water partition coefficient (Wildman–Crippen LogP) is 0.654. The number of hydrogen-bond acceptors (Lipinski definition) is 3. The van der Waals surface area contributed by atoms with Crippen molar-refractivity contribution in [3.63, 3.8) is 0 Å². The van der Waals surface area contributed by atoms with Gasteiger partial charge in [0.25, 0.3) is 5.91 Å². The summed E-state index contributed by atoms with van der Waals surface area (Å²) >= 11 is 0. The molecule has 4 N–H and O–H groups in total. The zero-order valence-electron chi connectivity index (χ0n) is 9.15. The molecule has 0 saturated heterocycles. The number of amides is 1. The third-order valence-electron chi connectivity index (χ3n) is 2.19. The number of carboxylic acids is 1. The summed E-state index contributed by atoms with van der Waals surface area (Å²) < 4.78 is 0. The number of nitrogens with one attached hydrogen (secondary N) is 1. The molecule has 5 nitrogen and oxygen atoms in total. The molecule has 0 aliphatic carbocycles. The van der Waals surface area contributed by atoms with Gasteiger partial charge >= 0.3 is 5.97 Å². The number of anilines is 1. The second-order valence-electron chi connectivity index (χ2n) is 3.62. The Morgan fingerprint density at radius 3 is 2.50 bits per heavy atom. The lowest BCUT2D eigenvalue weighted by atomic mass is 10.1. The molecule has 0 bridgehead atoms. The maximum Gasteiger partial charge on any atom is 0.330 e. The molecule has 1 unspecified atom stereocenters. The molecule has 86 valence electrons. The van der Waals surface area contributed by atoms with Crippen molar-refractivity contribution in [2.45, 2.75) is 19.9 Å². The Labute approximate surface area is 93.3 Å². The predicted molar refractivity (Wildman–Crippen MR) is 60.2 cm³/mol. The van der Waals surface area contributed by atoms with Gasteiger partial charge < -0.3 is 16.2 Å². The quantitative estimate of drug-likeness (QED) is 0.655. The first-order valence-corrected chi connectivity index (χ1v) is 4.78. The second-order valence-corrected chi connectivity index (χ2v) is 3.62. The standard InChI is InChI=1S/C11H14N2O3/c1-6-3-4-8(7(2)5-6)13-10(14)9(12)11(15)16/h3-5,9H,12H2,1-2H3,(H,13,14)(H,15,16). The van der Waals surface area contributed by atoms with E-state index in [-0.39, 0.29) is 0 Å². The maximum atomic E-state index is 11.4. The minimum Gasteiger partial charge on any atom is -0.480 e. The van der Waals surface area contributed by atoms with E-state index in [4.69, 9.17) is 10.8 Å². The molecule has 1 aromatic rings. The minimum absolute atomic E-state index is 0.576. The van der Waals surface area contributed by atoms with E-state index < -0.39 is 17.9 Å². The van der Waals surface area contributed by atoms with E-state index in [2.05, 4.69) is 5.32 Å². The molecular formula is C11H14N2O3. The Hall–Kier alpha value is -1.88. The van der Waals surface area contributed by atoms with E-state index in [1.54, 1.807) is 6.07 Å². The van der Waals surface area contributed by atoms with Gasteiger partial charge in [0.1, 0.15) is 0 Å². The average Bonchev–Trinajstić information content (AvgIpc) is 2.20. The summed E-state index contributed by atoms with van der Waals surface area (Å²) in [7, 11) is 0. The molecular weight excluding hydrogens is 208 g/mol. The van der Waals surface area contributed by atoms with Gasteiger partial charge in [-0.3, -0.25) is 4.79 Å². The van der Waals surface area contributed by atoms with Gasteiger partial charge in [-0.05, 0) is 25.5 Å². The molecule has 0 aliphatic rings. The molecule has 0 aromatic heterocycles. The second kappa shape index (κ2) is 4.76. The molecule has 1 rings (SSSR count). The van der Waals surface area contributed by atoms with Crippen molar-refractivity contribution in [1.29, 1.82) is 0 Å². The third kappa shape index (κ3) is 2.80. The van der Waals surface area contributed by atoms with Crippen LogP contribution in [0, 0.1) is 13.8 Å². The molecule has 0 saturated carbocycles. The zero-order chi connectivity index (χ0) is 12.3. The van der Waals surface area contributed by atoms with Gasteiger partial charge in [0, 0.05) is 5.69 Å². The van der Waals surface area contributed by atoms with Gasteiger partial charge in [-0.15, -0.1) is 0 Å². The summed E-state index contributed by atoms with van der Waals surface area (Å²) in [5.41, 5.74) is 7.69. The normalized spacial score (nSPS) is 11.9. The van der Waals surface area contributed by atoms with E-state index in [0.717, 1.165) is 11.1 Å². The van der Waals surface area contributed by atoms with Crippen LogP contribution in [0.3, 0.4) is 0 Å². The van der Waals surface area contributed by atoms with Crippen LogP contribution >= 0.6 is 0 Å². The van der Waals surface area contributed by atoms with Crippen LogP contribution in [0.15, 0.2) is 18.2 Å². The van der Waals surface area contributed by atoms with Crippen LogP contribution in [0.5, 0.6) is 0 Å². The monoisotopic (exact) mass is 222 g/mol. The number of carboxylic acid groups (broad SMARTS) is 1. The average molecular weight is 222 g/mol. The lowest BCUT2D eigenvalue weighted by Gasteiger charge is -2.11. The first kappa shape index (κ1) is 12.2. The molecule has 0 heterocycles. The SMILES string of the molecule is Cc1ccc(NC(=O)C(N)C(=O)O)c(C)c1. The number of rotatable bonds is 3. The Kier molecular flexibility index (Phi) is 3.63. The fraction of sp³-hybridized carbons (Fsp3) is 0.273. The first-order valence-electron chi connectivity index (χ1n) is 4.78. The number of aliphatic carboxylic acids is 1. The number of carbonyl (C=O) groups is 2. The van der Waals surface area contributed by atoms with Crippen molar-refractivity contribution in [2.24, 2.45) is 5.73 Å². The van der Waals surface area contributed by atoms with Crippen LogP contribution in [0.2, 0.25) is 0 Å². The molecule has 1 amide bonds. The first-order chi connectivity index (χ1) is 7.41. The topological polar surface area (TPSA) is 92.4 Å². The maximum absolute atomic E-state index is 11.4. The highest BCUT2D eigenvalue weighted by Gasteiger charge is 2.21. The molecule has 0 radical (unpaired) electrons. The van der Waals surface area contributed by atoms with Crippen LogP contribution in [0.1, 0.15) is 11.1 Å². The van der Waals surface area contributed by atoms with Crippen LogP contribution in [-0.2, 0) is 9.59 Å². The fourth-order valence-electron chi connectivity index (χ4n) is 1.28. The van der Waals surface area contributed by atoms with E-state index >= 15 is 0 Å². The molecule has 1 aromatic carbocycles. The Morgan fingerprint density at radius 2 is 2.00 bits per heavy atom. The largest absolute Gasteiger partial charge is 0.480 e. The van der Waals surface area contributed by atoms with Crippen molar-refractivity contribution >= 4 is 17.6 Å². The van der Waals surface area contributed by atoms with E-state index in [1.165, 1.54) is 0 Å². The van der Waals surface area contributed by atoms with E-state index in [9.17, 15) is 9.59 Å². The molecule has 16 heavy (non-hydrogen) atoms. The van der Waals surface area contributed by atoms with E-state index in [1.807, 2.05) is 26.0 Å². The minimum atomic E-state index is -1.54. The zero-order valence-corrected chi connectivity index (χ0v) is 9.15. The third-order valence-corrected chi connectivity index (χ3v) is 2.19. The van der Waals surface area contributed by atoms with Crippen LogP contribution in [0.4, 0.5) is 5.69 Å². The van der Waals surface area contributed by atoms with Crippen molar-refractivity contribution < 1.29 is 14.7 Å².